The van der Waals surface area contributed by atoms with Crippen LogP contribution in [0.1, 0.15) is 16.7 Å². The molecule has 2 heterocycles. The Kier molecular flexibility index (Phi) is 6.07. The van der Waals surface area contributed by atoms with Gasteiger partial charge in [0.05, 0.1) is 29.4 Å². The number of ether oxygens (including phenoxy) is 1. The highest BCUT2D eigenvalue weighted by atomic mass is 16.6. The summed E-state index contributed by atoms with van der Waals surface area (Å²) < 4.78 is 5.42. The van der Waals surface area contributed by atoms with Gasteiger partial charge in [-0.2, -0.15) is 0 Å². The van der Waals surface area contributed by atoms with Gasteiger partial charge in [0.2, 0.25) is 0 Å². The van der Waals surface area contributed by atoms with Gasteiger partial charge in [0.1, 0.15) is 0 Å². The van der Waals surface area contributed by atoms with Crippen LogP contribution in [-0.4, -0.2) is 42.0 Å². The Labute approximate surface area is 197 Å². The van der Waals surface area contributed by atoms with Crippen molar-refractivity contribution in [2.45, 2.75) is 6.54 Å². The van der Waals surface area contributed by atoms with E-state index >= 15 is 0 Å². The number of nitrogens with zero attached hydrogens (tertiary/aromatic N) is 2. The standard InChI is InChI=1S/C26H24N4O4/c31-26-24(22-16-21(30(32)33)10-11-23(22)28-26)25(19-4-2-1-3-5-19)27-20-8-6-18(7-9-20)17-29-12-14-34-15-13-29/h1-11,16,27H,12-15,17H2,(H,28,31)/b25-24-. The van der Waals surface area contributed by atoms with E-state index in [1.54, 1.807) is 6.07 Å². The van der Waals surface area contributed by atoms with Crippen LogP contribution in [0.15, 0.2) is 72.8 Å². The van der Waals surface area contributed by atoms with E-state index in [1.807, 2.05) is 42.5 Å². The zero-order chi connectivity index (χ0) is 23.5. The zero-order valence-electron chi connectivity index (χ0n) is 18.5. The summed E-state index contributed by atoms with van der Waals surface area (Å²) in [6.45, 7) is 4.22. The molecular formula is C26H24N4O4. The number of rotatable bonds is 6. The lowest BCUT2D eigenvalue weighted by atomic mass is 9.99. The molecule has 0 bridgehead atoms. The summed E-state index contributed by atoms with van der Waals surface area (Å²) in [5, 5.41) is 17.6. The number of morpholine rings is 1. The fraction of sp³-hybridized carbons (Fsp3) is 0.192. The fourth-order valence-corrected chi connectivity index (χ4v) is 4.26. The number of fused-ring (bicyclic) bond motifs is 1. The lowest BCUT2D eigenvalue weighted by molar-refractivity contribution is -0.384. The number of nitro benzene ring substituents is 1. The molecule has 34 heavy (non-hydrogen) atoms. The number of benzene rings is 3. The first-order chi connectivity index (χ1) is 16.6. The second-order valence-electron chi connectivity index (χ2n) is 8.27. The molecule has 3 aromatic carbocycles. The maximum atomic E-state index is 13.0. The van der Waals surface area contributed by atoms with Gasteiger partial charge in [0, 0.05) is 48.7 Å². The summed E-state index contributed by atoms with van der Waals surface area (Å²) in [7, 11) is 0. The SMILES string of the molecule is O=C1Nc2ccc([N+](=O)[O-])cc2/C1=C(/Nc1ccc(CN2CCOCC2)cc1)c1ccccc1. The highest BCUT2D eigenvalue weighted by Gasteiger charge is 2.30. The molecule has 3 aromatic rings. The molecule has 172 valence electrons. The van der Waals surface area contributed by atoms with Gasteiger partial charge in [0.25, 0.3) is 11.6 Å². The van der Waals surface area contributed by atoms with Gasteiger partial charge < -0.3 is 15.4 Å². The van der Waals surface area contributed by atoms with Gasteiger partial charge in [-0.1, -0.05) is 42.5 Å². The van der Waals surface area contributed by atoms with Crippen molar-refractivity contribution in [2.75, 3.05) is 36.9 Å². The molecule has 0 saturated carbocycles. The molecule has 1 fully saturated rings. The summed E-state index contributed by atoms with van der Waals surface area (Å²) in [5.74, 6) is -0.300. The lowest BCUT2D eigenvalue weighted by Gasteiger charge is -2.26. The third kappa shape index (κ3) is 4.54. The van der Waals surface area contributed by atoms with E-state index in [0.29, 0.717) is 22.5 Å². The Hall–Kier alpha value is -4.01. The molecule has 0 unspecified atom stereocenters. The summed E-state index contributed by atoms with van der Waals surface area (Å²) in [5.41, 5.74) is 4.80. The van der Waals surface area contributed by atoms with Gasteiger partial charge in [0.15, 0.2) is 0 Å². The van der Waals surface area contributed by atoms with Crippen LogP contribution in [0.2, 0.25) is 0 Å². The summed E-state index contributed by atoms with van der Waals surface area (Å²) in [6, 6.07) is 22.0. The first-order valence-corrected chi connectivity index (χ1v) is 11.1. The van der Waals surface area contributed by atoms with Crippen molar-refractivity contribution in [3.05, 3.63) is 99.6 Å². The van der Waals surface area contributed by atoms with E-state index in [1.165, 1.54) is 17.7 Å². The van der Waals surface area contributed by atoms with Crippen LogP contribution in [0, 0.1) is 10.1 Å². The Morgan fingerprint density at radius 2 is 1.76 bits per heavy atom. The Morgan fingerprint density at radius 3 is 2.47 bits per heavy atom. The van der Waals surface area contributed by atoms with Gasteiger partial charge >= 0.3 is 0 Å². The first kappa shape index (κ1) is 21.8. The number of carbonyl (C=O) groups is 1. The maximum Gasteiger partial charge on any atom is 0.270 e. The molecule has 0 aromatic heterocycles. The third-order valence-corrected chi connectivity index (χ3v) is 6.00. The predicted molar refractivity (Wildman–Crippen MR) is 131 cm³/mol. The average molecular weight is 457 g/mol. The van der Waals surface area contributed by atoms with E-state index < -0.39 is 4.92 Å². The normalized spacial score (nSPS) is 17.1. The number of anilines is 2. The molecular weight excluding hydrogens is 432 g/mol. The van der Waals surface area contributed by atoms with Crippen LogP contribution in [0.5, 0.6) is 0 Å². The van der Waals surface area contributed by atoms with Crippen molar-refractivity contribution in [1.82, 2.24) is 4.90 Å². The molecule has 2 aliphatic rings. The Morgan fingerprint density at radius 1 is 1.03 bits per heavy atom. The van der Waals surface area contributed by atoms with E-state index in [4.69, 9.17) is 4.74 Å². The van der Waals surface area contributed by atoms with E-state index in [9.17, 15) is 14.9 Å². The molecule has 0 aliphatic carbocycles. The van der Waals surface area contributed by atoms with Crippen LogP contribution >= 0.6 is 0 Å². The topological polar surface area (TPSA) is 96.7 Å². The van der Waals surface area contributed by atoms with E-state index in [-0.39, 0.29) is 11.6 Å². The molecule has 2 N–H and O–H groups in total. The average Bonchev–Trinajstić information content (AvgIpc) is 3.19. The number of amides is 1. The van der Waals surface area contributed by atoms with Crippen molar-refractivity contribution in [2.24, 2.45) is 0 Å². The van der Waals surface area contributed by atoms with Crippen molar-refractivity contribution in [1.29, 1.82) is 0 Å². The lowest BCUT2D eigenvalue weighted by Crippen LogP contribution is -2.35. The van der Waals surface area contributed by atoms with Crippen molar-refractivity contribution < 1.29 is 14.5 Å². The molecule has 1 amide bonds. The molecule has 0 atom stereocenters. The summed E-state index contributed by atoms with van der Waals surface area (Å²) in [6.07, 6.45) is 0. The molecule has 1 saturated heterocycles. The second-order valence-corrected chi connectivity index (χ2v) is 8.27. The zero-order valence-corrected chi connectivity index (χ0v) is 18.5. The van der Waals surface area contributed by atoms with Crippen LogP contribution in [0.25, 0.3) is 11.3 Å². The Balaban J connectivity index is 1.50. The minimum absolute atomic E-state index is 0.0624. The Bertz CT molecular complexity index is 1250. The minimum atomic E-state index is -0.455. The largest absolute Gasteiger partial charge is 0.379 e. The molecule has 0 radical (unpaired) electrons. The minimum Gasteiger partial charge on any atom is -0.379 e. The van der Waals surface area contributed by atoms with Crippen LogP contribution in [-0.2, 0) is 16.1 Å². The van der Waals surface area contributed by atoms with Gasteiger partial charge in [-0.25, -0.2) is 0 Å². The number of non-ortho nitro benzene ring substituents is 1. The van der Waals surface area contributed by atoms with Crippen molar-refractivity contribution in [3.63, 3.8) is 0 Å². The van der Waals surface area contributed by atoms with Crippen molar-refractivity contribution >= 4 is 34.2 Å². The smallest absolute Gasteiger partial charge is 0.270 e. The highest BCUT2D eigenvalue weighted by Crippen LogP contribution is 2.39. The van der Waals surface area contributed by atoms with E-state index in [0.717, 1.165) is 44.1 Å². The number of carbonyl (C=O) groups excluding carboxylic acids is 1. The van der Waals surface area contributed by atoms with Crippen LogP contribution in [0.4, 0.5) is 17.1 Å². The summed E-state index contributed by atoms with van der Waals surface area (Å²) >= 11 is 0. The number of hydrogen-bond donors (Lipinski definition) is 2. The molecule has 0 spiro atoms. The van der Waals surface area contributed by atoms with Gasteiger partial charge in [-0.05, 0) is 29.3 Å². The fourth-order valence-electron chi connectivity index (χ4n) is 4.26. The first-order valence-electron chi connectivity index (χ1n) is 11.1. The van der Waals surface area contributed by atoms with E-state index in [2.05, 4.69) is 27.7 Å². The predicted octanol–water partition coefficient (Wildman–Crippen LogP) is 4.36. The molecule has 2 aliphatic heterocycles. The number of nitro groups is 1. The monoisotopic (exact) mass is 456 g/mol. The summed E-state index contributed by atoms with van der Waals surface area (Å²) in [4.78, 5) is 26.3. The highest BCUT2D eigenvalue weighted by molar-refractivity contribution is 6.37. The molecule has 5 rings (SSSR count). The van der Waals surface area contributed by atoms with Crippen molar-refractivity contribution in [3.8, 4) is 0 Å². The van der Waals surface area contributed by atoms with Gasteiger partial charge in [-0.15, -0.1) is 0 Å². The molecule has 8 heteroatoms. The maximum absolute atomic E-state index is 13.0. The second kappa shape index (κ2) is 9.46. The number of hydrogen-bond acceptors (Lipinski definition) is 6. The quantitative estimate of drug-likeness (QED) is 0.325. The van der Waals surface area contributed by atoms with Gasteiger partial charge in [-0.3, -0.25) is 19.8 Å². The van der Waals surface area contributed by atoms with Crippen LogP contribution < -0.4 is 10.6 Å². The third-order valence-electron chi connectivity index (χ3n) is 6.00. The van der Waals surface area contributed by atoms with Crippen LogP contribution in [0.3, 0.4) is 0 Å². The number of nitrogens with one attached hydrogen (secondary N) is 2. The molecule has 8 nitrogen and oxygen atoms in total.